The van der Waals surface area contributed by atoms with Gasteiger partial charge in [-0.05, 0) is 53.6 Å². The molecule has 0 aromatic heterocycles. The highest BCUT2D eigenvalue weighted by Crippen LogP contribution is 2.16. The molecule has 0 fully saturated rings. The standard InChI is InChI=1S/C11H26N2/c1-6-11(3,4)13(5)9-7-8-10(2)12/h10H,6-9,12H2,1-5H3. The molecule has 0 saturated carbocycles. The van der Waals surface area contributed by atoms with Gasteiger partial charge in [0.25, 0.3) is 0 Å². The predicted molar refractivity (Wildman–Crippen MR) is 59.9 cm³/mol. The lowest BCUT2D eigenvalue weighted by atomic mass is 9.99. The van der Waals surface area contributed by atoms with Crippen molar-refractivity contribution in [3.63, 3.8) is 0 Å². The van der Waals surface area contributed by atoms with Gasteiger partial charge in [-0.15, -0.1) is 0 Å². The molecule has 0 aromatic carbocycles. The minimum atomic E-state index is 0.331. The Morgan fingerprint density at radius 3 is 2.31 bits per heavy atom. The fraction of sp³-hybridized carbons (Fsp3) is 1.00. The molecule has 80 valence electrons. The van der Waals surface area contributed by atoms with Gasteiger partial charge in [0.05, 0.1) is 0 Å². The summed E-state index contributed by atoms with van der Waals surface area (Å²) in [6, 6.07) is 0.345. The van der Waals surface area contributed by atoms with Crippen molar-refractivity contribution >= 4 is 0 Å². The summed E-state index contributed by atoms with van der Waals surface area (Å²) in [5.74, 6) is 0. The van der Waals surface area contributed by atoms with Gasteiger partial charge in [-0.25, -0.2) is 0 Å². The SMILES string of the molecule is CCC(C)(C)N(C)CCCC(C)N. The number of nitrogens with zero attached hydrogens (tertiary/aromatic N) is 1. The third-order valence-corrected chi connectivity index (χ3v) is 3.05. The van der Waals surface area contributed by atoms with E-state index in [-0.39, 0.29) is 0 Å². The molecule has 1 atom stereocenters. The third kappa shape index (κ3) is 5.27. The van der Waals surface area contributed by atoms with Crippen molar-refractivity contribution in [2.24, 2.45) is 5.73 Å². The molecule has 0 aliphatic carbocycles. The first-order valence-corrected chi connectivity index (χ1v) is 5.37. The fourth-order valence-electron chi connectivity index (χ4n) is 1.22. The number of rotatable bonds is 6. The summed E-state index contributed by atoms with van der Waals surface area (Å²) < 4.78 is 0. The Hall–Kier alpha value is -0.0800. The van der Waals surface area contributed by atoms with Crippen molar-refractivity contribution in [2.45, 2.75) is 58.5 Å². The van der Waals surface area contributed by atoms with E-state index in [1.807, 2.05) is 0 Å². The molecular formula is C11H26N2. The van der Waals surface area contributed by atoms with Gasteiger partial charge < -0.3 is 10.6 Å². The smallest absolute Gasteiger partial charge is 0.0147 e. The van der Waals surface area contributed by atoms with E-state index in [0.717, 1.165) is 13.0 Å². The van der Waals surface area contributed by atoms with Crippen LogP contribution in [0.25, 0.3) is 0 Å². The molecule has 13 heavy (non-hydrogen) atoms. The zero-order valence-corrected chi connectivity index (χ0v) is 9.93. The molecule has 0 saturated heterocycles. The van der Waals surface area contributed by atoms with Crippen molar-refractivity contribution in [1.82, 2.24) is 4.90 Å². The number of hydrogen-bond acceptors (Lipinski definition) is 2. The Kier molecular flexibility index (Phi) is 5.57. The molecule has 2 nitrogen and oxygen atoms in total. The zero-order valence-electron chi connectivity index (χ0n) is 9.93. The van der Waals surface area contributed by atoms with Gasteiger partial charge in [-0.1, -0.05) is 6.92 Å². The highest BCUT2D eigenvalue weighted by Gasteiger charge is 2.20. The van der Waals surface area contributed by atoms with E-state index in [9.17, 15) is 0 Å². The summed E-state index contributed by atoms with van der Waals surface area (Å²) in [5, 5.41) is 0. The van der Waals surface area contributed by atoms with E-state index in [2.05, 4.69) is 39.6 Å². The lowest BCUT2D eigenvalue weighted by Crippen LogP contribution is -2.41. The molecule has 0 amide bonds. The fourth-order valence-corrected chi connectivity index (χ4v) is 1.22. The van der Waals surface area contributed by atoms with Crippen molar-refractivity contribution < 1.29 is 0 Å². The quantitative estimate of drug-likeness (QED) is 0.689. The van der Waals surface area contributed by atoms with Crippen molar-refractivity contribution in [3.05, 3.63) is 0 Å². The first kappa shape index (κ1) is 12.9. The Morgan fingerprint density at radius 1 is 1.38 bits per heavy atom. The first-order valence-electron chi connectivity index (χ1n) is 5.37. The summed E-state index contributed by atoms with van der Waals surface area (Å²) in [6.45, 7) is 10.0. The molecular weight excluding hydrogens is 160 g/mol. The lowest BCUT2D eigenvalue weighted by Gasteiger charge is -2.35. The van der Waals surface area contributed by atoms with Gasteiger partial charge in [0.2, 0.25) is 0 Å². The highest BCUT2D eigenvalue weighted by atomic mass is 15.2. The average molecular weight is 186 g/mol. The largest absolute Gasteiger partial charge is 0.328 e. The van der Waals surface area contributed by atoms with Gasteiger partial charge >= 0.3 is 0 Å². The molecule has 2 heteroatoms. The van der Waals surface area contributed by atoms with Crippen LogP contribution < -0.4 is 5.73 Å². The van der Waals surface area contributed by atoms with E-state index < -0.39 is 0 Å². The van der Waals surface area contributed by atoms with Crippen molar-refractivity contribution in [1.29, 1.82) is 0 Å². The second kappa shape index (κ2) is 5.61. The molecule has 2 N–H and O–H groups in total. The Morgan fingerprint density at radius 2 is 1.92 bits per heavy atom. The van der Waals surface area contributed by atoms with E-state index in [1.165, 1.54) is 12.8 Å². The lowest BCUT2D eigenvalue weighted by molar-refractivity contribution is 0.148. The molecule has 0 aromatic rings. The van der Waals surface area contributed by atoms with E-state index in [0.29, 0.717) is 11.6 Å². The molecule has 0 bridgehead atoms. The van der Waals surface area contributed by atoms with Crippen LogP contribution in [-0.2, 0) is 0 Å². The van der Waals surface area contributed by atoms with Gasteiger partial charge in [-0.3, -0.25) is 0 Å². The summed E-state index contributed by atoms with van der Waals surface area (Å²) >= 11 is 0. The highest BCUT2D eigenvalue weighted by molar-refractivity contribution is 4.77. The van der Waals surface area contributed by atoms with Crippen LogP contribution in [0.2, 0.25) is 0 Å². The molecule has 0 radical (unpaired) electrons. The predicted octanol–water partition coefficient (Wildman–Crippen LogP) is 2.23. The Balaban J connectivity index is 3.68. The molecule has 0 heterocycles. The maximum atomic E-state index is 5.70. The number of nitrogens with two attached hydrogens (primary N) is 1. The van der Waals surface area contributed by atoms with E-state index in [1.54, 1.807) is 0 Å². The van der Waals surface area contributed by atoms with Crippen molar-refractivity contribution in [3.8, 4) is 0 Å². The number of hydrogen-bond donors (Lipinski definition) is 1. The van der Waals surface area contributed by atoms with E-state index in [4.69, 9.17) is 5.73 Å². The molecule has 0 aliphatic rings. The molecule has 0 aliphatic heterocycles. The van der Waals surface area contributed by atoms with Crippen LogP contribution in [0, 0.1) is 0 Å². The van der Waals surface area contributed by atoms with Crippen LogP contribution in [0.3, 0.4) is 0 Å². The van der Waals surface area contributed by atoms with Gasteiger partial charge in [0.15, 0.2) is 0 Å². The topological polar surface area (TPSA) is 29.3 Å². The molecule has 0 spiro atoms. The van der Waals surface area contributed by atoms with E-state index >= 15 is 0 Å². The van der Waals surface area contributed by atoms with Crippen LogP contribution in [0.4, 0.5) is 0 Å². The summed E-state index contributed by atoms with van der Waals surface area (Å²) in [6.07, 6.45) is 3.53. The monoisotopic (exact) mass is 186 g/mol. The Labute approximate surface area is 83.5 Å². The van der Waals surface area contributed by atoms with Gasteiger partial charge in [-0.2, -0.15) is 0 Å². The molecule has 1 unspecified atom stereocenters. The maximum absolute atomic E-state index is 5.70. The second-order valence-corrected chi connectivity index (χ2v) is 4.71. The van der Waals surface area contributed by atoms with Crippen LogP contribution in [0.5, 0.6) is 0 Å². The van der Waals surface area contributed by atoms with Crippen LogP contribution in [0.15, 0.2) is 0 Å². The normalized spacial score (nSPS) is 15.0. The van der Waals surface area contributed by atoms with Crippen LogP contribution >= 0.6 is 0 Å². The Bertz CT molecular complexity index is 130. The second-order valence-electron chi connectivity index (χ2n) is 4.71. The summed E-state index contributed by atoms with van der Waals surface area (Å²) in [4.78, 5) is 2.43. The van der Waals surface area contributed by atoms with Gasteiger partial charge in [0.1, 0.15) is 0 Å². The van der Waals surface area contributed by atoms with Crippen LogP contribution in [0.1, 0.15) is 47.0 Å². The maximum Gasteiger partial charge on any atom is 0.0147 e. The molecule has 0 rings (SSSR count). The minimum absolute atomic E-state index is 0.331. The van der Waals surface area contributed by atoms with Crippen molar-refractivity contribution in [2.75, 3.05) is 13.6 Å². The third-order valence-electron chi connectivity index (χ3n) is 3.05. The van der Waals surface area contributed by atoms with Crippen LogP contribution in [-0.4, -0.2) is 30.1 Å². The average Bonchev–Trinajstić information content (AvgIpc) is 2.03. The summed E-state index contributed by atoms with van der Waals surface area (Å²) in [5.41, 5.74) is 6.03. The first-order chi connectivity index (χ1) is 5.90. The minimum Gasteiger partial charge on any atom is -0.328 e. The summed E-state index contributed by atoms with van der Waals surface area (Å²) in [7, 11) is 2.20. The van der Waals surface area contributed by atoms with Gasteiger partial charge in [0, 0.05) is 11.6 Å². The zero-order chi connectivity index (χ0) is 10.5.